The van der Waals surface area contributed by atoms with Crippen LogP contribution in [-0.2, 0) is 33.4 Å². The molecule has 1 N–H and O–H groups in total. The first-order valence-electron chi connectivity index (χ1n) is 9.69. The summed E-state index contributed by atoms with van der Waals surface area (Å²) in [6.45, 7) is 4.62. The Labute approximate surface area is 175 Å². The number of hydrogen-bond acceptors (Lipinski definition) is 9. The van der Waals surface area contributed by atoms with Gasteiger partial charge in [-0.15, -0.1) is 0 Å². The number of carbonyl (C=O) groups excluding carboxylic acids is 5. The molecule has 1 aliphatic rings. The number of hydrogen-bond donors (Lipinski definition) is 1. The molecule has 1 fully saturated rings. The van der Waals surface area contributed by atoms with E-state index in [1.807, 2.05) is 0 Å². The predicted octanol–water partition coefficient (Wildman–Crippen LogP) is 0.793. The average molecular weight is 427 g/mol. The van der Waals surface area contributed by atoms with Crippen molar-refractivity contribution in [2.75, 3.05) is 20.3 Å². The van der Waals surface area contributed by atoms with Gasteiger partial charge in [-0.1, -0.05) is 13.8 Å². The third kappa shape index (κ3) is 7.03. The van der Waals surface area contributed by atoms with Gasteiger partial charge in [-0.25, -0.2) is 9.69 Å². The van der Waals surface area contributed by atoms with E-state index in [-0.39, 0.29) is 31.3 Å². The van der Waals surface area contributed by atoms with E-state index >= 15 is 0 Å². The van der Waals surface area contributed by atoms with Crippen molar-refractivity contribution < 1.29 is 43.3 Å². The molecule has 1 saturated heterocycles. The summed E-state index contributed by atoms with van der Waals surface area (Å²) in [6.07, 6.45) is -1.18. The van der Waals surface area contributed by atoms with Gasteiger partial charge in [0.1, 0.15) is 6.61 Å². The topological polar surface area (TPSA) is 137 Å². The van der Waals surface area contributed by atoms with Gasteiger partial charge in [-0.2, -0.15) is 0 Å². The Morgan fingerprint density at radius 3 is 2.40 bits per heavy atom. The van der Waals surface area contributed by atoms with Crippen LogP contribution in [0.2, 0.25) is 0 Å². The molecule has 0 saturated carbocycles. The second-order valence-corrected chi connectivity index (χ2v) is 7.17. The van der Waals surface area contributed by atoms with Crippen LogP contribution in [0.1, 0.15) is 40.0 Å². The highest BCUT2D eigenvalue weighted by molar-refractivity contribution is 6.05. The Morgan fingerprint density at radius 1 is 1.20 bits per heavy atom. The highest BCUT2D eigenvalue weighted by Gasteiger charge is 2.46. The zero-order valence-electron chi connectivity index (χ0n) is 17.7. The molecular weight excluding hydrogens is 398 g/mol. The van der Waals surface area contributed by atoms with Crippen LogP contribution in [-0.4, -0.2) is 78.1 Å². The molecule has 30 heavy (non-hydrogen) atoms. The summed E-state index contributed by atoms with van der Waals surface area (Å²) in [6, 6.07) is -0.556. The Bertz CT molecular complexity index is 686. The molecule has 0 unspecified atom stereocenters. The third-order valence-electron chi connectivity index (χ3n) is 4.52. The number of aliphatic hydroxyl groups excluding tert-OH is 1. The van der Waals surface area contributed by atoms with Crippen molar-refractivity contribution in [1.29, 1.82) is 0 Å². The minimum absolute atomic E-state index is 0.00704. The molecule has 0 spiro atoms. The lowest BCUT2D eigenvalue weighted by atomic mass is 10.0. The van der Waals surface area contributed by atoms with Gasteiger partial charge in [0.05, 0.1) is 6.04 Å². The van der Waals surface area contributed by atoms with Gasteiger partial charge in [-0.3, -0.25) is 19.2 Å². The van der Waals surface area contributed by atoms with E-state index in [9.17, 15) is 24.0 Å². The van der Waals surface area contributed by atoms with Crippen LogP contribution >= 0.6 is 0 Å². The van der Waals surface area contributed by atoms with Gasteiger partial charge in [-0.05, 0) is 30.9 Å². The molecule has 0 aliphatic carbocycles. The molecule has 2 amide bonds. The van der Waals surface area contributed by atoms with Crippen molar-refractivity contribution in [3.05, 3.63) is 12.2 Å². The molecule has 10 heteroatoms. The summed E-state index contributed by atoms with van der Waals surface area (Å²) < 4.78 is 15.1. The van der Waals surface area contributed by atoms with Crippen molar-refractivity contribution in [1.82, 2.24) is 4.90 Å². The van der Waals surface area contributed by atoms with E-state index in [1.165, 1.54) is 0 Å². The number of rotatable bonds is 12. The first-order chi connectivity index (χ1) is 14.1. The number of cyclic esters (lactones) is 1. The number of imide groups is 1. The minimum atomic E-state index is -1.68. The molecule has 1 heterocycles. The van der Waals surface area contributed by atoms with Crippen molar-refractivity contribution in [2.45, 2.75) is 58.3 Å². The van der Waals surface area contributed by atoms with Crippen LogP contribution in [0.25, 0.3) is 0 Å². The zero-order valence-corrected chi connectivity index (χ0v) is 17.7. The maximum Gasteiger partial charge on any atom is 0.417 e. The number of unbranched alkanes of at least 4 members (excludes halogenated alkanes) is 1. The Morgan fingerprint density at radius 2 is 1.87 bits per heavy atom. The quantitative estimate of drug-likeness (QED) is 0.272. The van der Waals surface area contributed by atoms with Crippen LogP contribution < -0.4 is 0 Å². The standard InChI is InChI=1S/C20H29NO9/c1-12(2)15-11-29-20(27)21(15)19(26)18(28-4)17(30-13(3)23)16(25)9-8-14(24)7-5-6-10-22/h8-9,12,15,17-18,22H,5-7,10-11H2,1-4H3/t15-,17-,18+/m0/s1. The normalized spacial score (nSPS) is 18.4. The van der Waals surface area contributed by atoms with E-state index in [0.29, 0.717) is 12.8 Å². The summed E-state index contributed by atoms with van der Waals surface area (Å²) >= 11 is 0. The number of ether oxygens (including phenoxy) is 3. The Kier molecular flexibility index (Phi) is 10.3. The first-order valence-corrected chi connectivity index (χ1v) is 9.69. The van der Waals surface area contributed by atoms with Crippen molar-refractivity contribution in [3.8, 4) is 0 Å². The molecule has 0 bridgehead atoms. The zero-order chi connectivity index (χ0) is 22.8. The number of carbonyl (C=O) groups is 5. The van der Waals surface area contributed by atoms with Gasteiger partial charge in [0.15, 0.2) is 23.8 Å². The number of allylic oxidation sites excluding steroid dienone is 1. The second-order valence-electron chi connectivity index (χ2n) is 7.17. The van der Waals surface area contributed by atoms with Crippen LogP contribution in [0.3, 0.4) is 0 Å². The first kappa shape index (κ1) is 25.4. The molecule has 1 aliphatic heterocycles. The van der Waals surface area contributed by atoms with Gasteiger partial charge in [0.25, 0.3) is 5.91 Å². The maximum atomic E-state index is 13.0. The Hall–Kier alpha value is -2.59. The van der Waals surface area contributed by atoms with Gasteiger partial charge < -0.3 is 19.3 Å². The number of esters is 1. The average Bonchev–Trinajstić information content (AvgIpc) is 3.07. The monoisotopic (exact) mass is 427 g/mol. The highest BCUT2D eigenvalue weighted by Crippen LogP contribution is 2.23. The second kappa shape index (κ2) is 12.2. The van der Waals surface area contributed by atoms with Crippen LogP contribution in [0, 0.1) is 5.92 Å². The minimum Gasteiger partial charge on any atom is -0.451 e. The summed E-state index contributed by atoms with van der Waals surface area (Å²) in [5.74, 6) is -3.02. The van der Waals surface area contributed by atoms with E-state index in [2.05, 4.69) is 0 Å². The molecule has 1 rings (SSSR count). The summed E-state index contributed by atoms with van der Waals surface area (Å²) in [7, 11) is 1.14. The largest absolute Gasteiger partial charge is 0.451 e. The van der Waals surface area contributed by atoms with Gasteiger partial charge >= 0.3 is 12.1 Å². The van der Waals surface area contributed by atoms with Crippen LogP contribution in [0.5, 0.6) is 0 Å². The number of aliphatic hydroxyl groups is 1. The van der Waals surface area contributed by atoms with Gasteiger partial charge in [0.2, 0.25) is 0 Å². The lowest BCUT2D eigenvalue weighted by Crippen LogP contribution is -2.53. The smallest absolute Gasteiger partial charge is 0.417 e. The highest BCUT2D eigenvalue weighted by atomic mass is 16.6. The number of ketones is 2. The molecule has 10 nitrogen and oxygen atoms in total. The fraction of sp³-hybridized carbons (Fsp3) is 0.650. The van der Waals surface area contributed by atoms with Crippen LogP contribution in [0.15, 0.2) is 12.2 Å². The van der Waals surface area contributed by atoms with Gasteiger partial charge in [0, 0.05) is 27.1 Å². The molecule has 0 aromatic rings. The summed E-state index contributed by atoms with van der Waals surface area (Å²) in [5, 5.41) is 8.74. The number of nitrogens with zero attached hydrogens (tertiary/aromatic N) is 1. The number of amides is 2. The molecule has 0 radical (unpaired) electrons. The third-order valence-corrected chi connectivity index (χ3v) is 4.52. The van der Waals surface area contributed by atoms with E-state index in [1.54, 1.807) is 13.8 Å². The fourth-order valence-corrected chi connectivity index (χ4v) is 2.88. The van der Waals surface area contributed by atoms with Crippen molar-refractivity contribution >= 4 is 29.5 Å². The molecule has 3 atom stereocenters. The Balaban J connectivity index is 3.04. The van der Waals surface area contributed by atoms with E-state index < -0.39 is 42.0 Å². The molecular formula is C20H29NO9. The van der Waals surface area contributed by atoms with Crippen molar-refractivity contribution in [2.24, 2.45) is 5.92 Å². The lowest BCUT2D eigenvalue weighted by Gasteiger charge is -2.29. The van der Waals surface area contributed by atoms with E-state index in [0.717, 1.165) is 31.1 Å². The summed E-state index contributed by atoms with van der Waals surface area (Å²) in [5.41, 5.74) is 0. The molecule has 0 aromatic carbocycles. The van der Waals surface area contributed by atoms with Crippen molar-refractivity contribution in [3.63, 3.8) is 0 Å². The predicted molar refractivity (Wildman–Crippen MR) is 103 cm³/mol. The fourth-order valence-electron chi connectivity index (χ4n) is 2.88. The summed E-state index contributed by atoms with van der Waals surface area (Å²) in [4.78, 5) is 61.8. The van der Waals surface area contributed by atoms with E-state index in [4.69, 9.17) is 19.3 Å². The maximum absolute atomic E-state index is 13.0. The molecule has 0 aromatic heterocycles. The molecule has 168 valence electrons. The lowest BCUT2D eigenvalue weighted by molar-refractivity contribution is -0.166. The number of methoxy groups -OCH3 is 1. The SMILES string of the molecule is CO[C@@H](C(=O)N1C(=O)OC[C@H]1C(C)C)[C@@H](OC(C)=O)C(=O)C=CC(=O)CCCCO. The van der Waals surface area contributed by atoms with Crippen LogP contribution in [0.4, 0.5) is 4.79 Å².